The molecule has 4 nitrogen and oxygen atoms in total. The molecule has 2 rings (SSSR count). The standard InChI is InChI=1S/C10H9N3O/c1-7(14)2-3-9-8-4-5-11-10(8)13-6-12-9/h4-7,14H,1H3,(H,11,12,13)/p+1/t7-/m1/s1. The summed E-state index contributed by atoms with van der Waals surface area (Å²) in [6.07, 6.45) is 2.76. The molecule has 0 fully saturated rings. The smallest absolute Gasteiger partial charge is 0.235 e. The van der Waals surface area contributed by atoms with Crippen molar-refractivity contribution in [2.75, 3.05) is 0 Å². The number of H-pyrrole nitrogens is 2. The largest absolute Gasteiger partial charge is 0.381 e. The first-order chi connectivity index (χ1) is 6.77. The van der Waals surface area contributed by atoms with Crippen molar-refractivity contribution in [3.63, 3.8) is 0 Å². The number of fused-ring (bicyclic) bond motifs is 1. The molecule has 2 aromatic rings. The molecule has 0 saturated carbocycles. The number of nitrogens with zero attached hydrogens (tertiary/aromatic N) is 1. The molecule has 0 bridgehead atoms. The first-order valence-corrected chi connectivity index (χ1v) is 4.31. The second-order valence-electron chi connectivity index (χ2n) is 2.96. The zero-order chi connectivity index (χ0) is 9.97. The van der Waals surface area contributed by atoms with E-state index in [-0.39, 0.29) is 0 Å². The summed E-state index contributed by atoms with van der Waals surface area (Å²) < 4.78 is 0. The number of hydrogen-bond acceptors (Lipinski definition) is 2. The van der Waals surface area contributed by atoms with Crippen molar-refractivity contribution in [2.24, 2.45) is 0 Å². The van der Waals surface area contributed by atoms with Gasteiger partial charge in [0.15, 0.2) is 0 Å². The third-order valence-electron chi connectivity index (χ3n) is 1.80. The van der Waals surface area contributed by atoms with Gasteiger partial charge in [-0.1, -0.05) is 5.92 Å². The number of rotatable bonds is 0. The van der Waals surface area contributed by atoms with E-state index in [0.29, 0.717) is 5.69 Å². The zero-order valence-electron chi connectivity index (χ0n) is 7.70. The summed E-state index contributed by atoms with van der Waals surface area (Å²) in [6.45, 7) is 1.62. The fraction of sp³-hybridized carbons (Fsp3) is 0.200. The van der Waals surface area contributed by atoms with Gasteiger partial charge in [0.2, 0.25) is 17.7 Å². The van der Waals surface area contributed by atoms with Crippen LogP contribution in [-0.4, -0.2) is 21.2 Å². The number of aromatic nitrogens is 3. The highest BCUT2D eigenvalue weighted by Crippen LogP contribution is 2.08. The van der Waals surface area contributed by atoms with Crippen LogP contribution in [0.1, 0.15) is 12.6 Å². The van der Waals surface area contributed by atoms with Gasteiger partial charge in [-0.3, -0.25) is 4.98 Å². The van der Waals surface area contributed by atoms with Crippen molar-refractivity contribution in [3.8, 4) is 11.8 Å². The molecule has 0 aromatic carbocycles. The Labute approximate surface area is 81.0 Å². The fourth-order valence-corrected chi connectivity index (χ4v) is 1.19. The highest BCUT2D eigenvalue weighted by Gasteiger charge is 2.06. The van der Waals surface area contributed by atoms with E-state index in [4.69, 9.17) is 5.11 Å². The van der Waals surface area contributed by atoms with Gasteiger partial charge in [-0.2, -0.15) is 0 Å². The second kappa shape index (κ2) is 3.48. The molecule has 0 aliphatic rings. The van der Waals surface area contributed by atoms with Crippen LogP contribution in [0.3, 0.4) is 0 Å². The molecule has 2 heterocycles. The van der Waals surface area contributed by atoms with E-state index < -0.39 is 6.10 Å². The lowest BCUT2D eigenvalue weighted by Crippen LogP contribution is -2.05. The highest BCUT2D eigenvalue weighted by molar-refractivity contribution is 5.78. The molecule has 3 N–H and O–H groups in total. The lowest BCUT2D eigenvalue weighted by molar-refractivity contribution is -0.352. The van der Waals surface area contributed by atoms with Gasteiger partial charge in [0.25, 0.3) is 0 Å². The summed E-state index contributed by atoms with van der Waals surface area (Å²) in [4.78, 5) is 10.1. The molecule has 0 unspecified atom stereocenters. The van der Waals surface area contributed by atoms with E-state index in [1.807, 2.05) is 12.3 Å². The van der Waals surface area contributed by atoms with Crippen molar-refractivity contribution in [2.45, 2.75) is 13.0 Å². The number of aromatic amines is 2. The van der Waals surface area contributed by atoms with Crippen molar-refractivity contribution in [1.29, 1.82) is 0 Å². The Morgan fingerprint density at radius 2 is 2.50 bits per heavy atom. The van der Waals surface area contributed by atoms with Crippen LogP contribution in [0.2, 0.25) is 0 Å². The van der Waals surface area contributed by atoms with Crippen LogP contribution in [-0.2, 0) is 0 Å². The first-order valence-electron chi connectivity index (χ1n) is 4.31. The number of aliphatic hydroxyl groups is 1. The van der Waals surface area contributed by atoms with Crippen LogP contribution < -0.4 is 4.98 Å². The van der Waals surface area contributed by atoms with Crippen LogP contribution in [0, 0.1) is 11.8 Å². The lowest BCUT2D eigenvalue weighted by Gasteiger charge is -1.88. The quantitative estimate of drug-likeness (QED) is 0.576. The van der Waals surface area contributed by atoms with E-state index in [0.717, 1.165) is 11.0 Å². The molecule has 0 aliphatic heterocycles. The molecule has 14 heavy (non-hydrogen) atoms. The third-order valence-corrected chi connectivity index (χ3v) is 1.80. The number of hydrogen-bond donors (Lipinski definition) is 2. The summed E-state index contributed by atoms with van der Waals surface area (Å²) >= 11 is 0. The molecular weight excluding hydrogens is 178 g/mol. The molecule has 0 saturated heterocycles. The first kappa shape index (κ1) is 8.73. The third kappa shape index (κ3) is 1.58. The summed E-state index contributed by atoms with van der Waals surface area (Å²) in [5.41, 5.74) is 1.55. The van der Waals surface area contributed by atoms with E-state index >= 15 is 0 Å². The van der Waals surface area contributed by atoms with E-state index in [1.165, 1.54) is 0 Å². The Morgan fingerprint density at radius 1 is 1.64 bits per heavy atom. The topological polar surface area (TPSA) is 63.1 Å². The monoisotopic (exact) mass is 188 g/mol. The molecule has 0 spiro atoms. The van der Waals surface area contributed by atoms with Crippen molar-refractivity contribution >= 4 is 11.0 Å². The summed E-state index contributed by atoms with van der Waals surface area (Å²) in [6, 6.07) is 1.89. The molecule has 70 valence electrons. The predicted octanol–water partition coefficient (Wildman–Crippen LogP) is 0.109. The number of nitrogens with one attached hydrogen (secondary N) is 2. The van der Waals surface area contributed by atoms with Crippen LogP contribution in [0.4, 0.5) is 0 Å². The van der Waals surface area contributed by atoms with E-state index in [1.54, 1.807) is 13.3 Å². The van der Waals surface area contributed by atoms with Crippen LogP contribution in [0.5, 0.6) is 0 Å². The summed E-state index contributed by atoms with van der Waals surface area (Å²) in [7, 11) is 0. The fourth-order valence-electron chi connectivity index (χ4n) is 1.19. The predicted molar refractivity (Wildman–Crippen MR) is 51.2 cm³/mol. The maximum Gasteiger partial charge on any atom is 0.235 e. The zero-order valence-corrected chi connectivity index (χ0v) is 7.70. The molecule has 2 aromatic heterocycles. The Bertz CT molecular complexity index is 505. The van der Waals surface area contributed by atoms with Gasteiger partial charge in [0.1, 0.15) is 11.5 Å². The summed E-state index contributed by atoms with van der Waals surface area (Å²) in [5.74, 6) is 5.48. The normalized spacial score (nSPS) is 12.1. The van der Waals surface area contributed by atoms with E-state index in [2.05, 4.69) is 26.8 Å². The van der Waals surface area contributed by atoms with Gasteiger partial charge in [-0.05, 0) is 18.9 Å². The van der Waals surface area contributed by atoms with Crippen molar-refractivity contribution in [3.05, 3.63) is 24.3 Å². The van der Waals surface area contributed by atoms with E-state index in [9.17, 15) is 0 Å². The average molecular weight is 188 g/mol. The SMILES string of the molecule is C[C@@H](O)C#Cc1nc[nH+]c2[nH]ccc12. The van der Waals surface area contributed by atoms with Crippen LogP contribution in [0.25, 0.3) is 11.0 Å². The van der Waals surface area contributed by atoms with Crippen LogP contribution in [0.15, 0.2) is 18.6 Å². The summed E-state index contributed by atoms with van der Waals surface area (Å²) in [5, 5.41) is 9.95. The minimum Gasteiger partial charge on any atom is -0.381 e. The average Bonchev–Trinajstić information content (AvgIpc) is 2.62. The maximum atomic E-state index is 9.02. The maximum absolute atomic E-state index is 9.02. The molecule has 0 radical (unpaired) electrons. The van der Waals surface area contributed by atoms with Crippen molar-refractivity contribution < 1.29 is 10.1 Å². The molecule has 0 aliphatic carbocycles. The minimum absolute atomic E-state index is 0.630. The molecule has 4 heteroatoms. The van der Waals surface area contributed by atoms with Crippen molar-refractivity contribution in [1.82, 2.24) is 9.97 Å². The van der Waals surface area contributed by atoms with Gasteiger partial charge in [-0.25, -0.2) is 4.98 Å². The second-order valence-corrected chi connectivity index (χ2v) is 2.96. The number of aliphatic hydroxyl groups excluding tert-OH is 1. The molecule has 0 amide bonds. The molecule has 1 atom stereocenters. The minimum atomic E-state index is -0.630. The Hall–Kier alpha value is -1.86. The van der Waals surface area contributed by atoms with Gasteiger partial charge in [0.05, 0.1) is 6.20 Å². The molecular formula is C10H10N3O+. The Morgan fingerprint density at radius 3 is 3.29 bits per heavy atom. The Kier molecular flexibility index (Phi) is 2.17. The van der Waals surface area contributed by atoms with Gasteiger partial charge >= 0.3 is 0 Å². The highest BCUT2D eigenvalue weighted by atomic mass is 16.3. The van der Waals surface area contributed by atoms with Gasteiger partial charge < -0.3 is 5.11 Å². The van der Waals surface area contributed by atoms with Gasteiger partial charge in [0, 0.05) is 0 Å². The van der Waals surface area contributed by atoms with Gasteiger partial charge in [-0.15, -0.1) is 4.98 Å². The lowest BCUT2D eigenvalue weighted by atomic mass is 10.2. The Balaban J connectivity index is 2.53. The van der Waals surface area contributed by atoms with Crippen LogP contribution >= 0.6 is 0 Å².